The monoisotopic (exact) mass is 247 g/mol. The third kappa shape index (κ3) is 3.53. The average Bonchev–Trinajstić information content (AvgIpc) is 2.88. The number of pyridine rings is 1. The first kappa shape index (κ1) is 13.5. The van der Waals surface area contributed by atoms with E-state index >= 15 is 0 Å². The molecule has 1 aromatic heterocycles. The van der Waals surface area contributed by atoms with Gasteiger partial charge in [-0.25, -0.2) is 0 Å². The Kier molecular flexibility index (Phi) is 5.14. The van der Waals surface area contributed by atoms with Crippen molar-refractivity contribution in [3.8, 4) is 0 Å². The molecule has 0 aliphatic carbocycles. The van der Waals surface area contributed by atoms with Gasteiger partial charge in [0.05, 0.1) is 5.69 Å². The van der Waals surface area contributed by atoms with E-state index in [4.69, 9.17) is 0 Å². The number of hydrogen-bond donors (Lipinski definition) is 1. The van der Waals surface area contributed by atoms with Crippen molar-refractivity contribution >= 4 is 0 Å². The number of nitrogens with zero attached hydrogens (tertiary/aromatic N) is 2. The van der Waals surface area contributed by atoms with Crippen molar-refractivity contribution in [2.24, 2.45) is 5.92 Å². The van der Waals surface area contributed by atoms with Gasteiger partial charge in [0, 0.05) is 18.8 Å². The molecule has 0 radical (unpaired) electrons. The van der Waals surface area contributed by atoms with Crippen molar-refractivity contribution in [1.82, 2.24) is 15.2 Å². The molecule has 1 N–H and O–H groups in total. The molecule has 0 aromatic carbocycles. The van der Waals surface area contributed by atoms with Crippen LogP contribution in [0.4, 0.5) is 0 Å². The molecule has 2 rings (SSSR count). The Morgan fingerprint density at radius 2 is 2.39 bits per heavy atom. The highest BCUT2D eigenvalue weighted by atomic mass is 15.2. The zero-order valence-electron chi connectivity index (χ0n) is 11.6. The summed E-state index contributed by atoms with van der Waals surface area (Å²) < 4.78 is 0. The molecular weight excluding hydrogens is 222 g/mol. The Balaban J connectivity index is 1.81. The van der Waals surface area contributed by atoms with Gasteiger partial charge in [-0.3, -0.25) is 9.88 Å². The van der Waals surface area contributed by atoms with E-state index in [-0.39, 0.29) is 0 Å². The molecular formula is C15H25N3. The molecule has 0 amide bonds. The van der Waals surface area contributed by atoms with Crippen molar-refractivity contribution < 1.29 is 0 Å². The molecule has 3 nitrogen and oxygen atoms in total. The maximum Gasteiger partial charge on any atom is 0.0572 e. The van der Waals surface area contributed by atoms with Crippen LogP contribution in [0.3, 0.4) is 0 Å². The molecule has 2 atom stereocenters. The minimum absolute atomic E-state index is 0.447. The lowest BCUT2D eigenvalue weighted by Crippen LogP contribution is -2.28. The van der Waals surface area contributed by atoms with E-state index < -0.39 is 0 Å². The van der Waals surface area contributed by atoms with E-state index in [1.807, 2.05) is 12.3 Å². The fourth-order valence-electron chi connectivity index (χ4n) is 2.67. The highest BCUT2D eigenvalue weighted by molar-refractivity contribution is 5.08. The van der Waals surface area contributed by atoms with Crippen LogP contribution in [0, 0.1) is 5.92 Å². The fourth-order valence-corrected chi connectivity index (χ4v) is 2.67. The number of aromatic nitrogens is 1. The van der Waals surface area contributed by atoms with Crippen molar-refractivity contribution in [2.45, 2.75) is 32.7 Å². The molecule has 1 fully saturated rings. The van der Waals surface area contributed by atoms with Gasteiger partial charge in [0.1, 0.15) is 0 Å². The molecule has 0 saturated carbocycles. The first-order valence-corrected chi connectivity index (χ1v) is 7.17. The Hall–Kier alpha value is -0.930. The third-order valence-electron chi connectivity index (χ3n) is 3.84. The van der Waals surface area contributed by atoms with Gasteiger partial charge < -0.3 is 5.32 Å². The molecule has 2 heterocycles. The maximum atomic E-state index is 4.47. The number of likely N-dealkylation sites (tertiary alicyclic amines) is 1. The van der Waals surface area contributed by atoms with E-state index in [0.717, 1.165) is 12.5 Å². The van der Waals surface area contributed by atoms with Crippen molar-refractivity contribution in [1.29, 1.82) is 0 Å². The lowest BCUT2D eigenvalue weighted by molar-refractivity contribution is 0.247. The highest BCUT2D eigenvalue weighted by Gasteiger charge is 2.26. The molecule has 1 aliphatic rings. The summed E-state index contributed by atoms with van der Waals surface area (Å²) in [5.74, 6) is 0.808. The summed E-state index contributed by atoms with van der Waals surface area (Å²) in [6, 6.07) is 6.64. The first-order valence-electron chi connectivity index (χ1n) is 7.17. The van der Waals surface area contributed by atoms with Crippen LogP contribution in [0.25, 0.3) is 0 Å². The van der Waals surface area contributed by atoms with E-state index in [0.29, 0.717) is 6.04 Å². The lowest BCUT2D eigenvalue weighted by atomic mass is 10.1. The molecule has 1 aliphatic heterocycles. The van der Waals surface area contributed by atoms with Crippen molar-refractivity contribution in [2.75, 3.05) is 26.2 Å². The Bertz CT molecular complexity index is 339. The van der Waals surface area contributed by atoms with Crippen LogP contribution in [-0.4, -0.2) is 36.1 Å². The fraction of sp³-hybridized carbons (Fsp3) is 0.667. The second kappa shape index (κ2) is 6.86. The van der Waals surface area contributed by atoms with Gasteiger partial charge in [-0.2, -0.15) is 0 Å². The average molecular weight is 247 g/mol. The summed E-state index contributed by atoms with van der Waals surface area (Å²) in [5.41, 5.74) is 1.19. The van der Waals surface area contributed by atoms with Gasteiger partial charge in [0.15, 0.2) is 0 Å². The Morgan fingerprint density at radius 3 is 3.11 bits per heavy atom. The maximum absolute atomic E-state index is 4.47. The minimum atomic E-state index is 0.447. The van der Waals surface area contributed by atoms with Crippen LogP contribution >= 0.6 is 0 Å². The number of rotatable bonds is 6. The Morgan fingerprint density at radius 1 is 1.50 bits per heavy atom. The second-order valence-corrected chi connectivity index (χ2v) is 5.28. The van der Waals surface area contributed by atoms with E-state index in [9.17, 15) is 0 Å². The topological polar surface area (TPSA) is 28.2 Å². The predicted octanol–water partition coefficient (Wildman–Crippen LogP) is 2.46. The van der Waals surface area contributed by atoms with Crippen molar-refractivity contribution in [3.63, 3.8) is 0 Å². The molecule has 0 spiro atoms. The van der Waals surface area contributed by atoms with Crippen LogP contribution in [-0.2, 0) is 0 Å². The lowest BCUT2D eigenvalue weighted by Gasteiger charge is -2.23. The summed E-state index contributed by atoms with van der Waals surface area (Å²) in [4.78, 5) is 7.02. The van der Waals surface area contributed by atoms with Crippen LogP contribution in [0.1, 0.15) is 38.4 Å². The molecule has 2 unspecified atom stereocenters. The van der Waals surface area contributed by atoms with Crippen LogP contribution in [0.5, 0.6) is 0 Å². The quantitative estimate of drug-likeness (QED) is 0.783. The predicted molar refractivity (Wildman–Crippen MR) is 75.5 cm³/mol. The zero-order valence-corrected chi connectivity index (χ0v) is 11.6. The molecule has 3 heteroatoms. The normalized spacial score (nSPS) is 22.2. The van der Waals surface area contributed by atoms with Gasteiger partial charge in [-0.15, -0.1) is 0 Å². The second-order valence-electron chi connectivity index (χ2n) is 5.28. The number of hydrogen-bond acceptors (Lipinski definition) is 3. The van der Waals surface area contributed by atoms with Crippen LogP contribution in [0.2, 0.25) is 0 Å². The summed E-state index contributed by atoms with van der Waals surface area (Å²) >= 11 is 0. The largest absolute Gasteiger partial charge is 0.316 e. The van der Waals surface area contributed by atoms with Gasteiger partial charge in [0.2, 0.25) is 0 Å². The third-order valence-corrected chi connectivity index (χ3v) is 3.84. The highest BCUT2D eigenvalue weighted by Crippen LogP contribution is 2.25. The molecule has 1 saturated heterocycles. The molecule has 18 heavy (non-hydrogen) atoms. The Labute approximate surface area is 111 Å². The summed E-state index contributed by atoms with van der Waals surface area (Å²) in [5, 5.41) is 3.53. The van der Waals surface area contributed by atoms with Gasteiger partial charge >= 0.3 is 0 Å². The standard InChI is InChI=1S/C15H25N3/c1-3-8-16-11-14-7-10-18(12-14)13(2)15-6-4-5-9-17-15/h4-6,9,13-14,16H,3,7-8,10-12H2,1-2H3. The van der Waals surface area contributed by atoms with Crippen LogP contribution < -0.4 is 5.32 Å². The van der Waals surface area contributed by atoms with Gasteiger partial charge in [-0.1, -0.05) is 13.0 Å². The van der Waals surface area contributed by atoms with Crippen molar-refractivity contribution in [3.05, 3.63) is 30.1 Å². The minimum Gasteiger partial charge on any atom is -0.316 e. The zero-order chi connectivity index (χ0) is 12.8. The molecule has 1 aromatic rings. The van der Waals surface area contributed by atoms with E-state index in [2.05, 4.69) is 41.2 Å². The van der Waals surface area contributed by atoms with Gasteiger partial charge in [0.25, 0.3) is 0 Å². The summed E-state index contributed by atoms with van der Waals surface area (Å²) in [6.45, 7) is 9.21. The number of nitrogens with one attached hydrogen (secondary N) is 1. The van der Waals surface area contributed by atoms with E-state index in [1.165, 1.54) is 38.2 Å². The molecule has 0 bridgehead atoms. The summed E-state index contributed by atoms with van der Waals surface area (Å²) in [7, 11) is 0. The van der Waals surface area contributed by atoms with E-state index in [1.54, 1.807) is 0 Å². The molecule has 100 valence electrons. The smallest absolute Gasteiger partial charge is 0.0572 e. The van der Waals surface area contributed by atoms with Crippen LogP contribution in [0.15, 0.2) is 24.4 Å². The SMILES string of the molecule is CCCNCC1CCN(C(C)c2ccccn2)C1. The van der Waals surface area contributed by atoms with Gasteiger partial charge in [-0.05, 0) is 57.5 Å². The first-order chi connectivity index (χ1) is 8.81. The summed E-state index contributed by atoms with van der Waals surface area (Å²) in [6.07, 6.45) is 4.43.